The van der Waals surface area contributed by atoms with Crippen LogP contribution in [0.5, 0.6) is 0 Å². The van der Waals surface area contributed by atoms with Crippen molar-refractivity contribution in [3.05, 3.63) is 41.6 Å². The lowest BCUT2D eigenvalue weighted by Crippen LogP contribution is -2.39. The lowest BCUT2D eigenvalue weighted by molar-refractivity contribution is -0.136. The highest BCUT2D eigenvalue weighted by Gasteiger charge is 2.29. The van der Waals surface area contributed by atoms with Crippen LogP contribution in [-0.2, 0) is 11.2 Å². The average molecular weight is 507 g/mol. The summed E-state index contributed by atoms with van der Waals surface area (Å²) >= 11 is 0. The van der Waals surface area contributed by atoms with Crippen LogP contribution in [0.15, 0.2) is 24.3 Å². The van der Waals surface area contributed by atoms with E-state index in [4.69, 9.17) is 15.1 Å². The number of aryl methyl sites for hydroxylation is 2. The van der Waals surface area contributed by atoms with Gasteiger partial charge in [0, 0.05) is 38.5 Å². The molecule has 1 aliphatic heterocycles. The summed E-state index contributed by atoms with van der Waals surface area (Å²) in [6.07, 6.45) is 8.37. The van der Waals surface area contributed by atoms with E-state index in [9.17, 15) is 9.18 Å². The van der Waals surface area contributed by atoms with Crippen LogP contribution in [0.25, 0.3) is 16.7 Å². The molecule has 0 radical (unpaired) electrons. The SMILES string of the molecule is Cc1nn(-c2ccc(F)cc2)c2nc(CCC(C)C)nc(N3CCCN(C(=O)C4CCCCC4)CC3)c12. The molecular weight excluding hydrogens is 467 g/mol. The molecule has 3 heterocycles. The zero-order valence-corrected chi connectivity index (χ0v) is 22.4. The van der Waals surface area contributed by atoms with Crippen molar-refractivity contribution in [2.45, 2.75) is 72.1 Å². The summed E-state index contributed by atoms with van der Waals surface area (Å²) in [7, 11) is 0. The van der Waals surface area contributed by atoms with Crippen molar-refractivity contribution in [3.8, 4) is 5.69 Å². The summed E-state index contributed by atoms with van der Waals surface area (Å²) in [5.41, 5.74) is 2.38. The molecule has 3 aromatic rings. The first-order valence-corrected chi connectivity index (χ1v) is 14.0. The molecule has 1 saturated heterocycles. The Bertz CT molecular complexity index is 1230. The van der Waals surface area contributed by atoms with Crippen molar-refractivity contribution in [2.24, 2.45) is 11.8 Å². The van der Waals surface area contributed by atoms with E-state index in [0.29, 0.717) is 18.4 Å². The Morgan fingerprint density at radius 2 is 1.76 bits per heavy atom. The number of hydrogen-bond donors (Lipinski definition) is 0. The average Bonchev–Trinajstić information content (AvgIpc) is 3.07. The number of fused-ring (bicyclic) bond motifs is 1. The summed E-state index contributed by atoms with van der Waals surface area (Å²) in [4.78, 5) is 27.7. The van der Waals surface area contributed by atoms with Gasteiger partial charge in [-0.1, -0.05) is 33.1 Å². The fourth-order valence-corrected chi connectivity index (χ4v) is 5.68. The largest absolute Gasteiger partial charge is 0.354 e. The quantitative estimate of drug-likeness (QED) is 0.443. The van der Waals surface area contributed by atoms with Crippen LogP contribution in [0.3, 0.4) is 0 Å². The summed E-state index contributed by atoms with van der Waals surface area (Å²) in [5, 5.41) is 5.74. The maximum atomic E-state index is 13.6. The lowest BCUT2D eigenvalue weighted by Gasteiger charge is -2.28. The number of rotatable bonds is 6. The van der Waals surface area contributed by atoms with E-state index < -0.39 is 0 Å². The monoisotopic (exact) mass is 506 g/mol. The van der Waals surface area contributed by atoms with Gasteiger partial charge in [-0.3, -0.25) is 4.79 Å². The zero-order chi connectivity index (χ0) is 25.9. The zero-order valence-electron chi connectivity index (χ0n) is 22.4. The Hall–Kier alpha value is -3.03. The predicted molar refractivity (Wildman–Crippen MR) is 144 cm³/mol. The third-order valence-corrected chi connectivity index (χ3v) is 7.81. The number of amides is 1. The number of benzene rings is 1. The van der Waals surface area contributed by atoms with Gasteiger partial charge in [0.15, 0.2) is 5.65 Å². The van der Waals surface area contributed by atoms with Gasteiger partial charge >= 0.3 is 0 Å². The van der Waals surface area contributed by atoms with Crippen LogP contribution in [-0.4, -0.2) is 56.7 Å². The van der Waals surface area contributed by atoms with Gasteiger partial charge in [0.1, 0.15) is 17.5 Å². The Balaban J connectivity index is 1.48. The molecule has 198 valence electrons. The summed E-state index contributed by atoms with van der Waals surface area (Å²) in [6, 6.07) is 6.37. The van der Waals surface area contributed by atoms with E-state index in [1.54, 1.807) is 12.1 Å². The molecule has 2 fully saturated rings. The number of carbonyl (C=O) groups is 1. The number of hydrogen-bond acceptors (Lipinski definition) is 5. The van der Waals surface area contributed by atoms with Gasteiger partial charge < -0.3 is 9.80 Å². The highest BCUT2D eigenvalue weighted by Crippen LogP contribution is 2.31. The van der Waals surface area contributed by atoms with E-state index in [2.05, 4.69) is 23.6 Å². The molecule has 0 atom stereocenters. The van der Waals surface area contributed by atoms with Gasteiger partial charge in [-0.2, -0.15) is 5.10 Å². The van der Waals surface area contributed by atoms with Crippen molar-refractivity contribution in [2.75, 3.05) is 31.1 Å². The molecule has 2 aromatic heterocycles. The minimum Gasteiger partial charge on any atom is -0.354 e. The highest BCUT2D eigenvalue weighted by molar-refractivity contribution is 5.91. The molecule has 2 aliphatic rings. The van der Waals surface area contributed by atoms with Crippen molar-refractivity contribution < 1.29 is 9.18 Å². The van der Waals surface area contributed by atoms with Crippen molar-refractivity contribution >= 4 is 22.8 Å². The Morgan fingerprint density at radius 1 is 1.00 bits per heavy atom. The molecule has 1 aromatic carbocycles. The molecule has 37 heavy (non-hydrogen) atoms. The molecule has 1 saturated carbocycles. The van der Waals surface area contributed by atoms with Gasteiger partial charge in [-0.25, -0.2) is 19.0 Å². The van der Waals surface area contributed by atoms with E-state index in [1.165, 1.54) is 31.4 Å². The maximum absolute atomic E-state index is 13.6. The molecule has 0 unspecified atom stereocenters. The van der Waals surface area contributed by atoms with Crippen LogP contribution >= 0.6 is 0 Å². The first-order chi connectivity index (χ1) is 17.9. The van der Waals surface area contributed by atoms with Gasteiger partial charge in [-0.05, 0) is 62.8 Å². The van der Waals surface area contributed by atoms with Gasteiger partial charge in [0.25, 0.3) is 0 Å². The standard InChI is InChI=1S/C29H39FN6O/c1-20(2)10-15-25-31-27(26-21(3)33-36(28(26)32-25)24-13-11-23(30)12-14-24)34-16-7-17-35(19-18-34)29(37)22-8-5-4-6-9-22/h11-14,20,22H,4-10,15-19H2,1-3H3. The van der Waals surface area contributed by atoms with E-state index >= 15 is 0 Å². The number of halogens is 1. The first kappa shape index (κ1) is 25.6. The normalized spacial score (nSPS) is 17.5. The molecule has 5 rings (SSSR count). The Kier molecular flexibility index (Phi) is 7.72. The Labute approximate surface area is 219 Å². The minimum absolute atomic E-state index is 0.199. The maximum Gasteiger partial charge on any atom is 0.225 e. The second kappa shape index (κ2) is 11.2. The van der Waals surface area contributed by atoms with Crippen molar-refractivity contribution in [1.29, 1.82) is 0 Å². The number of carbonyl (C=O) groups excluding carboxylic acids is 1. The van der Waals surface area contributed by atoms with Gasteiger partial charge in [0.05, 0.1) is 16.8 Å². The van der Waals surface area contributed by atoms with E-state index in [-0.39, 0.29) is 11.7 Å². The van der Waals surface area contributed by atoms with E-state index in [1.807, 2.05) is 11.6 Å². The van der Waals surface area contributed by atoms with Crippen LogP contribution in [0.4, 0.5) is 10.2 Å². The number of aromatic nitrogens is 4. The van der Waals surface area contributed by atoms with E-state index in [0.717, 1.165) is 85.8 Å². The summed E-state index contributed by atoms with van der Waals surface area (Å²) in [6.45, 7) is 9.50. The smallest absolute Gasteiger partial charge is 0.225 e. The second-order valence-electron chi connectivity index (χ2n) is 11.1. The molecule has 0 bridgehead atoms. The molecule has 1 aliphatic carbocycles. The molecule has 0 spiro atoms. The summed E-state index contributed by atoms with van der Waals surface area (Å²) in [5.74, 6) is 2.52. The molecule has 1 amide bonds. The number of nitrogens with zero attached hydrogens (tertiary/aromatic N) is 6. The third kappa shape index (κ3) is 5.63. The third-order valence-electron chi connectivity index (χ3n) is 7.81. The predicted octanol–water partition coefficient (Wildman–Crippen LogP) is 5.47. The highest BCUT2D eigenvalue weighted by atomic mass is 19.1. The fraction of sp³-hybridized carbons (Fsp3) is 0.586. The lowest BCUT2D eigenvalue weighted by atomic mass is 9.88. The van der Waals surface area contributed by atoms with Crippen molar-refractivity contribution in [3.63, 3.8) is 0 Å². The second-order valence-corrected chi connectivity index (χ2v) is 11.1. The number of anilines is 1. The first-order valence-electron chi connectivity index (χ1n) is 14.0. The molecular formula is C29H39FN6O. The topological polar surface area (TPSA) is 67.2 Å². The minimum atomic E-state index is -0.276. The van der Waals surface area contributed by atoms with Crippen LogP contribution in [0.1, 0.15) is 70.3 Å². The molecule has 0 N–H and O–H groups in total. The fourth-order valence-electron chi connectivity index (χ4n) is 5.68. The van der Waals surface area contributed by atoms with Crippen LogP contribution in [0.2, 0.25) is 0 Å². The van der Waals surface area contributed by atoms with Crippen molar-refractivity contribution in [1.82, 2.24) is 24.6 Å². The molecule has 8 heteroatoms. The summed E-state index contributed by atoms with van der Waals surface area (Å²) < 4.78 is 15.4. The van der Waals surface area contributed by atoms with Crippen LogP contribution < -0.4 is 4.90 Å². The van der Waals surface area contributed by atoms with Gasteiger partial charge in [-0.15, -0.1) is 0 Å². The Morgan fingerprint density at radius 3 is 2.49 bits per heavy atom. The van der Waals surface area contributed by atoms with Gasteiger partial charge in [0.2, 0.25) is 5.91 Å². The van der Waals surface area contributed by atoms with Crippen LogP contribution in [0, 0.1) is 24.6 Å². The molecule has 7 nitrogen and oxygen atoms in total.